The van der Waals surface area contributed by atoms with Crippen molar-refractivity contribution in [2.45, 2.75) is 96.1 Å². The van der Waals surface area contributed by atoms with Crippen molar-refractivity contribution < 1.29 is 33.8 Å². The van der Waals surface area contributed by atoms with Crippen molar-refractivity contribution in [2.75, 3.05) is 13.6 Å². The number of benzene rings is 4. The van der Waals surface area contributed by atoms with Crippen LogP contribution in [0.15, 0.2) is 97.1 Å². The minimum Gasteiger partial charge on any atom is -0.478 e. The van der Waals surface area contributed by atoms with Gasteiger partial charge in [-0.3, -0.25) is 9.59 Å². The maximum Gasteiger partial charge on any atom is 0.410 e. The zero-order valence-corrected chi connectivity index (χ0v) is 32.8. The minimum atomic E-state index is -1.01. The lowest BCUT2D eigenvalue weighted by atomic mass is 9.87. The number of amides is 3. The number of nitrogens with one attached hydrogen (secondary N) is 2. The Morgan fingerprint density at radius 3 is 2.16 bits per heavy atom. The quantitative estimate of drug-likeness (QED) is 0.139. The van der Waals surface area contributed by atoms with E-state index in [1.807, 2.05) is 76.2 Å². The van der Waals surface area contributed by atoms with Gasteiger partial charge in [-0.05, 0) is 118 Å². The normalized spacial score (nSPS) is 17.4. The third kappa shape index (κ3) is 9.94. The monoisotopic (exact) mass is 760 g/mol. The van der Waals surface area contributed by atoms with Gasteiger partial charge in [-0.1, -0.05) is 60.7 Å². The molecule has 294 valence electrons. The lowest BCUT2D eigenvalue weighted by Gasteiger charge is -2.39. The largest absolute Gasteiger partial charge is 0.478 e. The van der Waals surface area contributed by atoms with Crippen molar-refractivity contribution in [3.05, 3.63) is 130 Å². The SMILES string of the molecule is C[C@@H](CN[C@@H](Cc1ccc(Oc2ccc(C(=O)O)cc2)cc1)C(=O)N1Cc2ccccc2C[C@H]1C(=O)N[C@@H]1CCCc2ccccc21)N(C)C(=O)OC(C)(C)C. The Labute approximate surface area is 329 Å². The predicted octanol–water partition coefficient (Wildman–Crippen LogP) is 7.08. The highest BCUT2D eigenvalue weighted by Crippen LogP contribution is 2.31. The first-order valence-electron chi connectivity index (χ1n) is 19.3. The Hall–Kier alpha value is -5.68. The molecule has 3 amide bonds. The van der Waals surface area contributed by atoms with Gasteiger partial charge < -0.3 is 35.0 Å². The van der Waals surface area contributed by atoms with E-state index in [9.17, 15) is 24.3 Å². The molecule has 1 aliphatic carbocycles. The van der Waals surface area contributed by atoms with Gasteiger partial charge in [0.1, 0.15) is 23.1 Å². The number of carboxylic acid groups (broad SMARTS) is 1. The van der Waals surface area contributed by atoms with Crippen LogP contribution in [-0.2, 0) is 40.1 Å². The van der Waals surface area contributed by atoms with Gasteiger partial charge in [-0.25, -0.2) is 9.59 Å². The molecule has 0 aromatic heterocycles. The number of aromatic carboxylic acids is 1. The number of carbonyl (C=O) groups excluding carboxylic acids is 3. The van der Waals surface area contributed by atoms with Crippen LogP contribution in [0.25, 0.3) is 0 Å². The average Bonchev–Trinajstić information content (AvgIpc) is 3.18. The molecular formula is C45H52N4O7. The van der Waals surface area contributed by atoms with E-state index in [2.05, 4.69) is 22.8 Å². The van der Waals surface area contributed by atoms with Gasteiger partial charge in [0.15, 0.2) is 0 Å². The summed E-state index contributed by atoms with van der Waals surface area (Å²) < 4.78 is 11.6. The summed E-state index contributed by atoms with van der Waals surface area (Å²) >= 11 is 0. The number of likely N-dealkylation sites (N-methyl/N-ethyl adjacent to an activating group) is 1. The Bertz CT molecular complexity index is 2030. The summed E-state index contributed by atoms with van der Waals surface area (Å²) in [5.41, 5.74) is 4.79. The van der Waals surface area contributed by atoms with E-state index >= 15 is 0 Å². The molecule has 0 bridgehead atoms. The zero-order valence-electron chi connectivity index (χ0n) is 32.8. The standard InChI is InChI=1S/C45H52N4O7/c1-29(48(5)44(54)56-45(2,3)4)27-46-39(25-30-17-21-35(22-18-30)55-36-23-19-32(20-24-36)43(52)53)42(51)49-28-34-13-7-6-12-33(34)26-40(49)41(50)47-38-16-10-14-31-11-8-9-15-37(31)38/h6-9,11-13,15,17-24,29,38-40,46H,10,14,16,25-28H2,1-5H3,(H,47,50)(H,52,53)/t29-,38+,39-,40-/m0/s1. The molecule has 0 spiro atoms. The molecule has 1 aliphatic heterocycles. The minimum absolute atomic E-state index is 0.129. The molecule has 2 aliphatic rings. The second-order valence-electron chi connectivity index (χ2n) is 15.8. The summed E-state index contributed by atoms with van der Waals surface area (Å²) in [6.07, 6.45) is 3.02. The van der Waals surface area contributed by atoms with Gasteiger partial charge in [0, 0.05) is 32.6 Å². The summed E-state index contributed by atoms with van der Waals surface area (Å²) in [5, 5.41) is 16.0. The molecule has 0 radical (unpaired) electrons. The van der Waals surface area contributed by atoms with Gasteiger partial charge in [0.05, 0.1) is 17.6 Å². The topological polar surface area (TPSA) is 138 Å². The summed E-state index contributed by atoms with van der Waals surface area (Å²) in [5.74, 6) is -0.361. The first-order chi connectivity index (χ1) is 26.8. The highest BCUT2D eigenvalue weighted by Gasteiger charge is 2.39. The van der Waals surface area contributed by atoms with Gasteiger partial charge in [0.25, 0.3) is 0 Å². The Morgan fingerprint density at radius 2 is 1.50 bits per heavy atom. The molecular weight excluding hydrogens is 709 g/mol. The number of ether oxygens (including phenoxy) is 2. The summed E-state index contributed by atoms with van der Waals surface area (Å²) in [4.78, 5) is 56.7. The lowest BCUT2D eigenvalue weighted by molar-refractivity contribution is -0.143. The molecule has 4 aromatic carbocycles. The van der Waals surface area contributed by atoms with Crippen molar-refractivity contribution >= 4 is 23.9 Å². The maximum absolute atomic E-state index is 14.9. The average molecular weight is 761 g/mol. The molecule has 4 atom stereocenters. The predicted molar refractivity (Wildman–Crippen MR) is 214 cm³/mol. The van der Waals surface area contributed by atoms with Gasteiger partial charge in [-0.2, -0.15) is 0 Å². The van der Waals surface area contributed by atoms with Crippen LogP contribution >= 0.6 is 0 Å². The van der Waals surface area contributed by atoms with Crippen LogP contribution in [0.1, 0.15) is 84.8 Å². The van der Waals surface area contributed by atoms with Crippen molar-refractivity contribution in [3.63, 3.8) is 0 Å². The molecule has 0 saturated heterocycles. The molecule has 0 fully saturated rings. The van der Waals surface area contributed by atoms with E-state index in [1.54, 1.807) is 36.2 Å². The highest BCUT2D eigenvalue weighted by atomic mass is 16.6. The van der Waals surface area contributed by atoms with E-state index in [4.69, 9.17) is 9.47 Å². The highest BCUT2D eigenvalue weighted by molar-refractivity contribution is 5.91. The maximum atomic E-state index is 14.9. The Morgan fingerprint density at radius 1 is 0.875 bits per heavy atom. The Balaban J connectivity index is 1.24. The van der Waals surface area contributed by atoms with Crippen LogP contribution in [0.5, 0.6) is 11.5 Å². The summed E-state index contributed by atoms with van der Waals surface area (Å²) in [6, 6.07) is 27.8. The Kier molecular flexibility index (Phi) is 12.4. The first-order valence-corrected chi connectivity index (χ1v) is 19.3. The number of hydrogen-bond donors (Lipinski definition) is 3. The molecule has 56 heavy (non-hydrogen) atoms. The summed E-state index contributed by atoms with van der Waals surface area (Å²) in [6.45, 7) is 7.92. The van der Waals surface area contributed by atoms with E-state index in [0.29, 0.717) is 30.9 Å². The van der Waals surface area contributed by atoms with Gasteiger partial charge in [0.2, 0.25) is 11.8 Å². The van der Waals surface area contributed by atoms with Crippen LogP contribution < -0.4 is 15.4 Å². The summed E-state index contributed by atoms with van der Waals surface area (Å²) in [7, 11) is 1.68. The second kappa shape index (κ2) is 17.4. The fourth-order valence-corrected chi connectivity index (χ4v) is 7.30. The fraction of sp³-hybridized carbons (Fsp3) is 0.378. The number of aryl methyl sites for hydroxylation is 1. The number of carbonyl (C=O) groups is 4. The molecule has 4 aromatic rings. The second-order valence-corrected chi connectivity index (χ2v) is 15.8. The smallest absolute Gasteiger partial charge is 0.410 e. The number of nitrogens with zero attached hydrogens (tertiary/aromatic N) is 2. The van der Waals surface area contributed by atoms with Crippen LogP contribution in [0.4, 0.5) is 4.79 Å². The number of fused-ring (bicyclic) bond motifs is 2. The molecule has 11 heteroatoms. The molecule has 3 N–H and O–H groups in total. The molecule has 6 rings (SSSR count). The van der Waals surface area contributed by atoms with Crippen LogP contribution in [-0.4, -0.2) is 76.1 Å². The van der Waals surface area contributed by atoms with E-state index < -0.39 is 29.7 Å². The molecule has 0 saturated carbocycles. The van der Waals surface area contributed by atoms with Crippen LogP contribution in [0.3, 0.4) is 0 Å². The molecule has 1 heterocycles. The van der Waals surface area contributed by atoms with E-state index in [-0.39, 0.29) is 36.0 Å². The van der Waals surface area contributed by atoms with E-state index in [0.717, 1.165) is 41.5 Å². The van der Waals surface area contributed by atoms with Crippen molar-refractivity contribution in [1.29, 1.82) is 0 Å². The zero-order chi connectivity index (χ0) is 40.0. The third-order valence-electron chi connectivity index (χ3n) is 10.5. The first kappa shape index (κ1) is 40.0. The van der Waals surface area contributed by atoms with E-state index in [1.165, 1.54) is 22.6 Å². The van der Waals surface area contributed by atoms with Crippen molar-refractivity contribution in [3.8, 4) is 11.5 Å². The number of hydrogen-bond acceptors (Lipinski definition) is 7. The third-order valence-corrected chi connectivity index (χ3v) is 10.5. The molecule has 0 unspecified atom stereocenters. The van der Waals surface area contributed by atoms with Gasteiger partial charge >= 0.3 is 12.1 Å². The van der Waals surface area contributed by atoms with Gasteiger partial charge in [-0.15, -0.1) is 0 Å². The number of rotatable bonds is 12. The van der Waals surface area contributed by atoms with Crippen LogP contribution in [0.2, 0.25) is 0 Å². The van der Waals surface area contributed by atoms with Crippen LogP contribution in [0, 0.1) is 0 Å². The fourth-order valence-electron chi connectivity index (χ4n) is 7.30. The molecule has 11 nitrogen and oxygen atoms in total. The number of carboxylic acids is 1. The van der Waals surface area contributed by atoms with Crippen molar-refractivity contribution in [2.24, 2.45) is 0 Å². The van der Waals surface area contributed by atoms with Crippen molar-refractivity contribution in [1.82, 2.24) is 20.4 Å². The lowest BCUT2D eigenvalue weighted by Crippen LogP contribution is -2.58.